The first-order valence-electron chi connectivity index (χ1n) is 14.0. The molecule has 3 heterocycles. The number of hydrogen-bond acceptors (Lipinski definition) is 8. The first kappa shape index (κ1) is 29.5. The van der Waals surface area contributed by atoms with E-state index in [2.05, 4.69) is 15.1 Å². The molecule has 2 amide bonds. The Morgan fingerprint density at radius 2 is 1.82 bits per heavy atom. The summed E-state index contributed by atoms with van der Waals surface area (Å²) >= 11 is 0. The Morgan fingerprint density at radius 3 is 2.44 bits per heavy atom. The molecule has 0 bridgehead atoms. The maximum absolute atomic E-state index is 13.8. The van der Waals surface area contributed by atoms with Gasteiger partial charge in [0.15, 0.2) is 5.78 Å². The lowest BCUT2D eigenvalue weighted by Gasteiger charge is -2.36. The summed E-state index contributed by atoms with van der Waals surface area (Å²) < 4.78 is 16.7. The third-order valence-electron chi connectivity index (χ3n) is 7.70. The van der Waals surface area contributed by atoms with Gasteiger partial charge >= 0.3 is 0 Å². The fourth-order valence-electron chi connectivity index (χ4n) is 5.73. The number of hydrogen-bond donors (Lipinski definition) is 1. The lowest BCUT2D eigenvalue weighted by Crippen LogP contribution is -2.53. The Kier molecular flexibility index (Phi) is 9.64. The Labute approximate surface area is 231 Å². The first-order chi connectivity index (χ1) is 18.6. The van der Waals surface area contributed by atoms with Gasteiger partial charge in [-0.2, -0.15) is 0 Å². The van der Waals surface area contributed by atoms with Crippen LogP contribution in [-0.4, -0.2) is 118 Å². The highest BCUT2D eigenvalue weighted by molar-refractivity contribution is 5.99. The average molecular weight is 545 g/mol. The minimum absolute atomic E-state index is 0.0203. The number of Topliss-reactive ketones (excluding diaryl/α,β-unsaturated/α-hetero) is 1. The Hall–Kier alpha value is -2.53. The van der Waals surface area contributed by atoms with Crippen molar-refractivity contribution in [1.29, 1.82) is 0 Å². The van der Waals surface area contributed by atoms with Gasteiger partial charge in [-0.15, -0.1) is 0 Å². The molecule has 39 heavy (non-hydrogen) atoms. The number of anilines is 1. The van der Waals surface area contributed by atoms with E-state index in [1.807, 2.05) is 52.0 Å². The molecule has 10 heteroatoms. The van der Waals surface area contributed by atoms with Crippen LogP contribution in [0.1, 0.15) is 44.5 Å². The average Bonchev–Trinajstić information content (AvgIpc) is 3.47. The molecule has 1 aromatic carbocycles. The Bertz CT molecular complexity index is 1000. The fourth-order valence-corrected chi connectivity index (χ4v) is 5.73. The number of fused-ring (bicyclic) bond motifs is 1. The van der Waals surface area contributed by atoms with Gasteiger partial charge in [0.2, 0.25) is 5.91 Å². The van der Waals surface area contributed by atoms with Crippen LogP contribution in [0.25, 0.3) is 0 Å². The number of carbonyl (C=O) groups is 3. The molecule has 216 valence electrons. The molecule has 1 N–H and O–H groups in total. The number of methoxy groups -OCH3 is 1. The third-order valence-corrected chi connectivity index (χ3v) is 7.70. The predicted octanol–water partition coefficient (Wildman–Crippen LogP) is 1.57. The molecule has 1 aromatic rings. The van der Waals surface area contributed by atoms with E-state index in [0.29, 0.717) is 18.6 Å². The number of ether oxygens (including phenoxy) is 3. The van der Waals surface area contributed by atoms with Crippen molar-refractivity contribution in [2.24, 2.45) is 5.41 Å². The van der Waals surface area contributed by atoms with Crippen molar-refractivity contribution in [3.63, 3.8) is 0 Å². The van der Waals surface area contributed by atoms with Crippen LogP contribution >= 0.6 is 0 Å². The quantitative estimate of drug-likeness (QED) is 0.474. The van der Waals surface area contributed by atoms with Crippen molar-refractivity contribution < 1.29 is 28.6 Å². The molecular weight excluding hydrogens is 500 g/mol. The van der Waals surface area contributed by atoms with Gasteiger partial charge in [0.25, 0.3) is 5.91 Å². The van der Waals surface area contributed by atoms with Gasteiger partial charge < -0.3 is 29.3 Å². The van der Waals surface area contributed by atoms with Crippen molar-refractivity contribution in [3.8, 4) is 0 Å². The molecule has 0 radical (unpaired) electrons. The number of amides is 2. The first-order valence-corrected chi connectivity index (χ1v) is 14.0. The van der Waals surface area contributed by atoms with E-state index in [4.69, 9.17) is 14.2 Å². The monoisotopic (exact) mass is 544 g/mol. The second-order valence-corrected chi connectivity index (χ2v) is 11.8. The molecule has 3 aliphatic rings. The normalized spacial score (nSPS) is 24.6. The number of benzene rings is 1. The molecule has 4 atom stereocenters. The van der Waals surface area contributed by atoms with Crippen molar-refractivity contribution >= 4 is 23.3 Å². The summed E-state index contributed by atoms with van der Waals surface area (Å²) in [5.41, 5.74) is 1.35. The number of rotatable bonds is 10. The van der Waals surface area contributed by atoms with Crippen molar-refractivity contribution in [1.82, 2.24) is 15.1 Å². The molecule has 4 rings (SSSR count). The van der Waals surface area contributed by atoms with Crippen molar-refractivity contribution in [2.45, 2.75) is 58.4 Å². The molecule has 3 saturated heterocycles. The summed E-state index contributed by atoms with van der Waals surface area (Å²) in [6.07, 6.45) is -0.372. The standard InChI is InChI=1S/C29H44N4O6/c1-6-38-24-18-33(25-23(34)19-39-26(24)25)28(36)22(17-29(2,3)4)30-27(35)20-7-9-21(10-8-20)32-13-11-31(12-14-32)15-16-37-5/h7-10,22,24-26H,6,11-19H2,1-5H3,(H,30,35)/t22?,24-,25+,26+/m0/s1. The van der Waals surface area contributed by atoms with E-state index >= 15 is 0 Å². The van der Waals surface area contributed by atoms with Crippen LogP contribution < -0.4 is 10.2 Å². The summed E-state index contributed by atoms with van der Waals surface area (Å²) in [6, 6.07) is 6.12. The van der Waals surface area contributed by atoms with E-state index in [-0.39, 0.29) is 42.3 Å². The van der Waals surface area contributed by atoms with Crippen LogP contribution in [0, 0.1) is 5.41 Å². The molecule has 0 spiro atoms. The lowest BCUT2D eigenvalue weighted by atomic mass is 9.87. The van der Waals surface area contributed by atoms with Gasteiger partial charge in [0, 0.05) is 57.7 Å². The van der Waals surface area contributed by atoms with Crippen molar-refractivity contribution in [2.75, 3.05) is 71.1 Å². The Morgan fingerprint density at radius 1 is 1.13 bits per heavy atom. The minimum Gasteiger partial charge on any atom is -0.383 e. The van der Waals surface area contributed by atoms with Crippen LogP contribution in [0.4, 0.5) is 5.69 Å². The van der Waals surface area contributed by atoms with Crippen LogP contribution in [0.15, 0.2) is 24.3 Å². The van der Waals surface area contributed by atoms with Crippen LogP contribution in [0.2, 0.25) is 0 Å². The molecule has 3 fully saturated rings. The number of nitrogens with zero attached hydrogens (tertiary/aromatic N) is 3. The SMILES string of the molecule is CCO[C@H]1CN(C(=O)C(CC(C)(C)C)NC(=O)c2ccc(N3CCN(CCOC)CC3)cc2)[C@@H]2C(=O)CO[C@H]12. The highest BCUT2D eigenvalue weighted by Gasteiger charge is 2.53. The van der Waals surface area contributed by atoms with Gasteiger partial charge in [-0.05, 0) is 43.0 Å². The zero-order valence-corrected chi connectivity index (χ0v) is 24.0. The number of ketones is 1. The minimum atomic E-state index is -0.771. The fraction of sp³-hybridized carbons (Fsp3) is 0.690. The largest absolute Gasteiger partial charge is 0.383 e. The second kappa shape index (κ2) is 12.8. The molecular formula is C29H44N4O6. The molecule has 10 nitrogen and oxygen atoms in total. The van der Waals surface area contributed by atoms with Crippen LogP contribution in [0.3, 0.4) is 0 Å². The summed E-state index contributed by atoms with van der Waals surface area (Å²) in [5, 5.41) is 2.98. The molecule has 0 aliphatic carbocycles. The zero-order chi connectivity index (χ0) is 28.2. The number of likely N-dealkylation sites (tertiary alicyclic amines) is 1. The predicted molar refractivity (Wildman–Crippen MR) is 148 cm³/mol. The summed E-state index contributed by atoms with van der Waals surface area (Å²) in [6.45, 7) is 14.1. The summed E-state index contributed by atoms with van der Waals surface area (Å²) in [5.74, 6) is -0.691. The third kappa shape index (κ3) is 7.16. The topological polar surface area (TPSA) is 101 Å². The van der Waals surface area contributed by atoms with E-state index in [9.17, 15) is 14.4 Å². The van der Waals surface area contributed by atoms with Gasteiger partial charge in [-0.3, -0.25) is 19.3 Å². The van der Waals surface area contributed by atoms with Gasteiger partial charge in [0.1, 0.15) is 30.9 Å². The molecule has 0 aromatic heterocycles. The van der Waals surface area contributed by atoms with Gasteiger partial charge in [0.05, 0.1) is 13.2 Å². The zero-order valence-electron chi connectivity index (χ0n) is 24.0. The highest BCUT2D eigenvalue weighted by Crippen LogP contribution is 2.31. The van der Waals surface area contributed by atoms with E-state index in [0.717, 1.165) is 45.0 Å². The van der Waals surface area contributed by atoms with E-state index in [1.165, 1.54) is 0 Å². The maximum atomic E-state index is 13.8. The summed E-state index contributed by atoms with van der Waals surface area (Å²) in [7, 11) is 1.72. The van der Waals surface area contributed by atoms with E-state index < -0.39 is 18.2 Å². The lowest BCUT2D eigenvalue weighted by molar-refractivity contribution is -0.139. The van der Waals surface area contributed by atoms with Gasteiger partial charge in [-0.1, -0.05) is 20.8 Å². The van der Waals surface area contributed by atoms with Crippen LogP contribution in [-0.2, 0) is 23.8 Å². The molecule has 0 saturated carbocycles. The molecule has 1 unspecified atom stereocenters. The number of carbonyl (C=O) groups excluding carboxylic acids is 3. The Balaban J connectivity index is 1.42. The molecule has 3 aliphatic heterocycles. The maximum Gasteiger partial charge on any atom is 0.251 e. The number of nitrogens with one attached hydrogen (secondary N) is 1. The van der Waals surface area contributed by atoms with Crippen molar-refractivity contribution in [3.05, 3.63) is 29.8 Å². The van der Waals surface area contributed by atoms with Crippen LogP contribution in [0.5, 0.6) is 0 Å². The van der Waals surface area contributed by atoms with Gasteiger partial charge in [-0.25, -0.2) is 0 Å². The number of piperazine rings is 1. The highest BCUT2D eigenvalue weighted by atomic mass is 16.6. The summed E-state index contributed by atoms with van der Waals surface area (Å²) in [4.78, 5) is 46.0. The second-order valence-electron chi connectivity index (χ2n) is 11.8. The smallest absolute Gasteiger partial charge is 0.251 e. The van der Waals surface area contributed by atoms with E-state index in [1.54, 1.807) is 12.0 Å².